The highest BCUT2D eigenvalue weighted by atomic mass is 16.4. The lowest BCUT2D eigenvalue weighted by Crippen LogP contribution is -2.25. The minimum Gasteiger partial charge on any atom is -0.507 e. The monoisotopic (exact) mass is 435 g/mol. The maximum atomic E-state index is 11.4. The van der Waals surface area contributed by atoms with E-state index in [4.69, 9.17) is 4.98 Å². The van der Waals surface area contributed by atoms with Gasteiger partial charge in [-0.2, -0.15) is 0 Å². The molecule has 170 valence electrons. The van der Waals surface area contributed by atoms with Crippen molar-refractivity contribution in [3.05, 3.63) is 71.5 Å². The van der Waals surface area contributed by atoms with Crippen LogP contribution in [0, 0.1) is 0 Å². The average Bonchev–Trinajstić information content (AvgIpc) is 3.19. The Balaban J connectivity index is 1.87. The molecule has 0 aliphatic carbocycles. The van der Waals surface area contributed by atoms with Gasteiger partial charge in [0.05, 0.1) is 11.9 Å². The zero-order valence-corrected chi connectivity index (χ0v) is 19.0. The molecule has 0 amide bonds. The summed E-state index contributed by atoms with van der Waals surface area (Å²) in [6.07, 6.45) is 6.29. The molecule has 0 unspecified atom stereocenters. The smallest absolute Gasteiger partial charge is 0.339 e. The molecule has 0 saturated carbocycles. The standard InChI is InChI=1S/C26H33N3O3/c1-3-5-14-28(18-20-12-13-24(30)23(16-20)26(31)32)19-22-17-27-25(29(22)15-6-4-2)21-10-8-7-9-11-21/h7-13,16-17,30H,3-6,14-15,18-19H2,1-2H3,(H,31,32). The molecule has 3 aromatic rings. The van der Waals surface area contributed by atoms with E-state index in [1.165, 1.54) is 6.07 Å². The van der Waals surface area contributed by atoms with Crippen LogP contribution in [0.5, 0.6) is 5.75 Å². The van der Waals surface area contributed by atoms with Crippen LogP contribution in [0.25, 0.3) is 11.4 Å². The average molecular weight is 436 g/mol. The van der Waals surface area contributed by atoms with Gasteiger partial charge in [0.15, 0.2) is 0 Å². The third-order valence-corrected chi connectivity index (χ3v) is 5.62. The quantitative estimate of drug-likeness (QED) is 0.390. The van der Waals surface area contributed by atoms with Gasteiger partial charge in [0.1, 0.15) is 17.1 Å². The van der Waals surface area contributed by atoms with Gasteiger partial charge >= 0.3 is 5.97 Å². The van der Waals surface area contributed by atoms with Crippen LogP contribution < -0.4 is 0 Å². The lowest BCUT2D eigenvalue weighted by atomic mass is 10.1. The van der Waals surface area contributed by atoms with E-state index in [1.807, 2.05) is 24.4 Å². The highest BCUT2D eigenvalue weighted by Crippen LogP contribution is 2.23. The number of hydrogen-bond donors (Lipinski definition) is 2. The number of benzene rings is 2. The van der Waals surface area contributed by atoms with Crippen molar-refractivity contribution in [3.63, 3.8) is 0 Å². The van der Waals surface area contributed by atoms with Crippen LogP contribution in [-0.4, -0.2) is 37.2 Å². The molecule has 0 fully saturated rings. The van der Waals surface area contributed by atoms with Gasteiger partial charge in [-0.3, -0.25) is 4.90 Å². The van der Waals surface area contributed by atoms with Crippen LogP contribution in [-0.2, 0) is 19.6 Å². The number of phenols is 1. The molecular weight excluding hydrogens is 402 g/mol. The Bertz CT molecular complexity index is 1010. The molecule has 0 radical (unpaired) electrons. The molecule has 3 rings (SSSR count). The molecule has 1 heterocycles. The summed E-state index contributed by atoms with van der Waals surface area (Å²) >= 11 is 0. The number of hydrogen-bond acceptors (Lipinski definition) is 4. The molecule has 2 N–H and O–H groups in total. The molecule has 6 heteroatoms. The van der Waals surface area contributed by atoms with E-state index in [0.717, 1.165) is 68.0 Å². The fraction of sp³-hybridized carbons (Fsp3) is 0.385. The summed E-state index contributed by atoms with van der Waals surface area (Å²) < 4.78 is 2.32. The van der Waals surface area contributed by atoms with Gasteiger partial charge < -0.3 is 14.8 Å². The van der Waals surface area contributed by atoms with E-state index < -0.39 is 5.97 Å². The van der Waals surface area contributed by atoms with Crippen molar-refractivity contribution < 1.29 is 15.0 Å². The van der Waals surface area contributed by atoms with Crippen molar-refractivity contribution in [2.24, 2.45) is 0 Å². The summed E-state index contributed by atoms with van der Waals surface area (Å²) in [5.74, 6) is -0.330. The Hall–Kier alpha value is -3.12. The number of rotatable bonds is 12. The van der Waals surface area contributed by atoms with Crippen molar-refractivity contribution in [2.75, 3.05) is 6.54 Å². The minimum absolute atomic E-state index is 0.0581. The first-order valence-electron chi connectivity index (χ1n) is 11.4. The lowest BCUT2D eigenvalue weighted by molar-refractivity contribution is 0.0693. The van der Waals surface area contributed by atoms with Crippen molar-refractivity contribution in [3.8, 4) is 17.1 Å². The molecule has 2 aromatic carbocycles. The summed E-state index contributed by atoms with van der Waals surface area (Å²) in [5, 5.41) is 19.2. The van der Waals surface area contributed by atoms with E-state index in [1.54, 1.807) is 12.1 Å². The number of carboxylic acids is 1. The number of aromatic carboxylic acids is 1. The highest BCUT2D eigenvalue weighted by molar-refractivity contribution is 5.90. The second kappa shape index (κ2) is 11.5. The SMILES string of the molecule is CCCCN(Cc1ccc(O)c(C(=O)O)c1)Cc1cnc(-c2ccccc2)n1CCCC. The molecule has 32 heavy (non-hydrogen) atoms. The van der Waals surface area contributed by atoms with Crippen LogP contribution in [0.1, 0.15) is 61.1 Å². The first kappa shape index (κ1) is 23.5. The molecule has 0 aliphatic heterocycles. The van der Waals surface area contributed by atoms with E-state index in [-0.39, 0.29) is 11.3 Å². The largest absolute Gasteiger partial charge is 0.507 e. The van der Waals surface area contributed by atoms with Crippen LogP contribution in [0.3, 0.4) is 0 Å². The number of aromatic nitrogens is 2. The van der Waals surface area contributed by atoms with E-state index in [9.17, 15) is 15.0 Å². The fourth-order valence-corrected chi connectivity index (χ4v) is 3.86. The molecule has 0 atom stereocenters. The van der Waals surface area contributed by atoms with Gasteiger partial charge in [0.2, 0.25) is 0 Å². The zero-order valence-electron chi connectivity index (χ0n) is 19.0. The second-order valence-electron chi connectivity index (χ2n) is 8.17. The van der Waals surface area contributed by atoms with Gasteiger partial charge in [-0.25, -0.2) is 9.78 Å². The van der Waals surface area contributed by atoms with Gasteiger partial charge in [0.25, 0.3) is 0 Å². The van der Waals surface area contributed by atoms with Crippen molar-refractivity contribution in [1.29, 1.82) is 0 Å². The summed E-state index contributed by atoms with van der Waals surface area (Å²) in [6, 6.07) is 15.1. The maximum absolute atomic E-state index is 11.4. The van der Waals surface area contributed by atoms with Crippen molar-refractivity contribution in [2.45, 2.75) is 59.2 Å². The molecule has 1 aromatic heterocycles. The predicted octanol–water partition coefficient (Wildman–Crippen LogP) is 5.56. The van der Waals surface area contributed by atoms with Crippen LogP contribution in [0.15, 0.2) is 54.7 Å². The zero-order chi connectivity index (χ0) is 22.9. The van der Waals surface area contributed by atoms with Gasteiger partial charge in [0, 0.05) is 25.2 Å². The number of nitrogens with zero attached hydrogens (tertiary/aromatic N) is 3. The number of carboxylic acid groups (broad SMARTS) is 1. The van der Waals surface area contributed by atoms with Crippen LogP contribution in [0.2, 0.25) is 0 Å². The lowest BCUT2D eigenvalue weighted by Gasteiger charge is -2.23. The normalized spacial score (nSPS) is 11.2. The molecule has 0 saturated heterocycles. The van der Waals surface area contributed by atoms with Crippen molar-refractivity contribution in [1.82, 2.24) is 14.5 Å². The predicted molar refractivity (Wildman–Crippen MR) is 127 cm³/mol. The number of aromatic hydroxyl groups is 1. The molecule has 0 bridgehead atoms. The van der Waals surface area contributed by atoms with Crippen molar-refractivity contribution >= 4 is 5.97 Å². The Labute approximate surface area is 190 Å². The summed E-state index contributed by atoms with van der Waals surface area (Å²) in [5.41, 5.74) is 3.08. The minimum atomic E-state index is -1.12. The first-order chi connectivity index (χ1) is 15.5. The molecule has 0 spiro atoms. The molecular formula is C26H33N3O3. The van der Waals surface area contributed by atoms with Crippen LogP contribution in [0.4, 0.5) is 0 Å². The maximum Gasteiger partial charge on any atom is 0.339 e. The first-order valence-corrected chi connectivity index (χ1v) is 11.4. The number of unbranched alkanes of at least 4 members (excludes halogenated alkanes) is 2. The van der Waals surface area contributed by atoms with E-state index >= 15 is 0 Å². The van der Waals surface area contributed by atoms with E-state index in [2.05, 4.69) is 35.4 Å². The Kier molecular flexibility index (Phi) is 8.45. The highest BCUT2D eigenvalue weighted by Gasteiger charge is 2.16. The van der Waals surface area contributed by atoms with Gasteiger partial charge in [-0.05, 0) is 37.1 Å². The third-order valence-electron chi connectivity index (χ3n) is 5.62. The summed E-state index contributed by atoms with van der Waals surface area (Å²) in [4.78, 5) is 18.5. The van der Waals surface area contributed by atoms with E-state index in [0.29, 0.717) is 6.54 Å². The Morgan fingerprint density at radius 2 is 1.78 bits per heavy atom. The Morgan fingerprint density at radius 3 is 2.47 bits per heavy atom. The Morgan fingerprint density at radius 1 is 1.03 bits per heavy atom. The van der Waals surface area contributed by atoms with Gasteiger partial charge in [-0.15, -0.1) is 0 Å². The topological polar surface area (TPSA) is 78.6 Å². The summed E-state index contributed by atoms with van der Waals surface area (Å²) in [7, 11) is 0. The van der Waals surface area contributed by atoms with Crippen LogP contribution >= 0.6 is 0 Å². The molecule has 0 aliphatic rings. The third kappa shape index (κ3) is 5.98. The fourth-order valence-electron chi connectivity index (χ4n) is 3.86. The number of imidazole rings is 1. The van der Waals surface area contributed by atoms with Gasteiger partial charge in [-0.1, -0.05) is 63.1 Å². The number of carbonyl (C=O) groups is 1. The summed E-state index contributed by atoms with van der Waals surface area (Å²) in [6.45, 7) is 7.52. The second-order valence-corrected chi connectivity index (χ2v) is 8.17. The molecule has 6 nitrogen and oxygen atoms in total.